The molecule has 98 valence electrons. The van der Waals surface area contributed by atoms with E-state index in [2.05, 4.69) is 31.2 Å². The van der Waals surface area contributed by atoms with Gasteiger partial charge in [-0.1, -0.05) is 12.1 Å². The lowest BCUT2D eigenvalue weighted by Gasteiger charge is -2.09. The molecule has 0 radical (unpaired) electrons. The van der Waals surface area contributed by atoms with Crippen molar-refractivity contribution in [2.75, 3.05) is 5.32 Å². The summed E-state index contributed by atoms with van der Waals surface area (Å²) in [5.74, 6) is -0.200. The summed E-state index contributed by atoms with van der Waals surface area (Å²) < 4.78 is 0.527. The fraction of sp³-hybridized carbons (Fsp3) is 0. The van der Waals surface area contributed by atoms with Crippen molar-refractivity contribution in [3.05, 3.63) is 65.2 Å². The third-order valence-electron chi connectivity index (χ3n) is 2.93. The highest BCUT2D eigenvalue weighted by molar-refractivity contribution is 9.10. The molecule has 3 aromatic rings. The Morgan fingerprint density at radius 2 is 2.00 bits per heavy atom. The molecule has 5 heteroatoms. The van der Waals surface area contributed by atoms with Crippen molar-refractivity contribution < 1.29 is 4.79 Å². The van der Waals surface area contributed by atoms with E-state index in [9.17, 15) is 4.79 Å². The second-order valence-electron chi connectivity index (χ2n) is 4.20. The Kier molecular flexibility index (Phi) is 3.43. The first-order chi connectivity index (χ1) is 9.75. The molecule has 0 saturated heterocycles. The molecule has 3 rings (SSSR count). The van der Waals surface area contributed by atoms with Crippen molar-refractivity contribution in [2.24, 2.45) is 0 Å². The predicted molar refractivity (Wildman–Crippen MR) is 81.6 cm³/mol. The van der Waals surface area contributed by atoms with Gasteiger partial charge in [-0.15, -0.1) is 0 Å². The van der Waals surface area contributed by atoms with Crippen LogP contribution in [-0.2, 0) is 0 Å². The van der Waals surface area contributed by atoms with Crippen LogP contribution in [-0.4, -0.2) is 15.9 Å². The number of pyridine rings is 2. The van der Waals surface area contributed by atoms with Gasteiger partial charge in [-0.2, -0.15) is 0 Å². The van der Waals surface area contributed by atoms with E-state index in [-0.39, 0.29) is 5.91 Å². The second-order valence-corrected chi connectivity index (χ2v) is 4.95. The Hall–Kier alpha value is -2.27. The third kappa shape index (κ3) is 2.40. The molecule has 1 amide bonds. The summed E-state index contributed by atoms with van der Waals surface area (Å²) in [5.41, 5.74) is 1.25. The Morgan fingerprint density at radius 1 is 1.10 bits per heavy atom. The molecule has 0 saturated carbocycles. The zero-order chi connectivity index (χ0) is 13.9. The van der Waals surface area contributed by atoms with Crippen molar-refractivity contribution >= 4 is 38.3 Å². The van der Waals surface area contributed by atoms with E-state index in [4.69, 9.17) is 0 Å². The second kappa shape index (κ2) is 5.38. The Bertz CT molecular complexity index is 783. The number of nitrogens with zero attached hydrogens (tertiary/aromatic N) is 2. The smallest absolute Gasteiger partial charge is 0.258 e. The highest BCUT2D eigenvalue weighted by Crippen LogP contribution is 2.23. The molecule has 1 aromatic carbocycles. The highest BCUT2D eigenvalue weighted by atomic mass is 79.9. The van der Waals surface area contributed by atoms with Gasteiger partial charge in [0.25, 0.3) is 5.91 Å². The van der Waals surface area contributed by atoms with Gasteiger partial charge < -0.3 is 5.32 Å². The van der Waals surface area contributed by atoms with Crippen LogP contribution in [0.4, 0.5) is 5.69 Å². The Labute approximate surface area is 124 Å². The molecule has 20 heavy (non-hydrogen) atoms. The Morgan fingerprint density at radius 3 is 2.85 bits per heavy atom. The van der Waals surface area contributed by atoms with Crippen LogP contribution in [0.1, 0.15) is 10.4 Å². The van der Waals surface area contributed by atoms with E-state index in [0.717, 1.165) is 16.5 Å². The maximum Gasteiger partial charge on any atom is 0.258 e. The first kappa shape index (κ1) is 12.7. The SMILES string of the molecule is O=C(Nc1cccc2cnccc12)c1cccnc1Br. The van der Waals surface area contributed by atoms with E-state index in [1.165, 1.54) is 0 Å². The van der Waals surface area contributed by atoms with E-state index >= 15 is 0 Å². The molecule has 0 aliphatic rings. The fourth-order valence-electron chi connectivity index (χ4n) is 1.98. The lowest BCUT2D eigenvalue weighted by Crippen LogP contribution is -2.13. The molecule has 0 aliphatic carbocycles. The van der Waals surface area contributed by atoms with Crippen molar-refractivity contribution in [3.8, 4) is 0 Å². The van der Waals surface area contributed by atoms with E-state index in [1.54, 1.807) is 30.7 Å². The summed E-state index contributed by atoms with van der Waals surface area (Å²) in [4.78, 5) is 20.4. The van der Waals surface area contributed by atoms with Gasteiger partial charge in [0.2, 0.25) is 0 Å². The minimum Gasteiger partial charge on any atom is -0.321 e. The lowest BCUT2D eigenvalue weighted by molar-refractivity contribution is 0.102. The summed E-state index contributed by atoms with van der Waals surface area (Å²) in [6, 6.07) is 11.0. The van der Waals surface area contributed by atoms with E-state index in [0.29, 0.717) is 10.2 Å². The average molecular weight is 328 g/mol. The molecule has 0 unspecified atom stereocenters. The van der Waals surface area contributed by atoms with Crippen molar-refractivity contribution in [1.82, 2.24) is 9.97 Å². The number of fused-ring (bicyclic) bond motifs is 1. The molecule has 0 aliphatic heterocycles. The van der Waals surface area contributed by atoms with Gasteiger partial charge in [0.05, 0.1) is 5.56 Å². The average Bonchev–Trinajstić information content (AvgIpc) is 2.48. The number of hydrogen-bond donors (Lipinski definition) is 1. The maximum atomic E-state index is 12.3. The van der Waals surface area contributed by atoms with Crippen LogP contribution >= 0.6 is 15.9 Å². The highest BCUT2D eigenvalue weighted by Gasteiger charge is 2.11. The van der Waals surface area contributed by atoms with Crippen molar-refractivity contribution in [3.63, 3.8) is 0 Å². The number of aromatic nitrogens is 2. The van der Waals surface area contributed by atoms with Gasteiger partial charge >= 0.3 is 0 Å². The number of carbonyl (C=O) groups excluding carboxylic acids is 1. The monoisotopic (exact) mass is 327 g/mol. The first-order valence-electron chi connectivity index (χ1n) is 6.00. The third-order valence-corrected chi connectivity index (χ3v) is 3.56. The summed E-state index contributed by atoms with van der Waals surface area (Å²) in [5, 5.41) is 4.84. The van der Waals surface area contributed by atoms with Crippen LogP contribution in [0, 0.1) is 0 Å². The van der Waals surface area contributed by atoms with Crippen molar-refractivity contribution in [1.29, 1.82) is 0 Å². The molecule has 0 fully saturated rings. The molecule has 4 nitrogen and oxygen atoms in total. The van der Waals surface area contributed by atoms with Gasteiger partial charge in [0, 0.05) is 35.1 Å². The topological polar surface area (TPSA) is 54.9 Å². The van der Waals surface area contributed by atoms with Crippen LogP contribution in [0.15, 0.2) is 59.6 Å². The fourth-order valence-corrected chi connectivity index (χ4v) is 2.41. The molecular formula is C15H10BrN3O. The minimum atomic E-state index is -0.200. The number of benzene rings is 1. The summed E-state index contributed by atoms with van der Waals surface area (Å²) in [7, 11) is 0. The summed E-state index contributed by atoms with van der Waals surface area (Å²) >= 11 is 3.28. The van der Waals surface area contributed by atoms with Gasteiger partial charge in [-0.25, -0.2) is 4.98 Å². The Balaban J connectivity index is 1.98. The van der Waals surface area contributed by atoms with Crippen LogP contribution in [0.5, 0.6) is 0 Å². The molecule has 2 aromatic heterocycles. The molecule has 0 bridgehead atoms. The maximum absolute atomic E-state index is 12.3. The van der Waals surface area contributed by atoms with E-state index < -0.39 is 0 Å². The van der Waals surface area contributed by atoms with Crippen LogP contribution in [0.3, 0.4) is 0 Å². The van der Waals surface area contributed by atoms with Crippen LogP contribution in [0.25, 0.3) is 10.8 Å². The van der Waals surface area contributed by atoms with Crippen LogP contribution in [0.2, 0.25) is 0 Å². The molecule has 0 spiro atoms. The number of hydrogen-bond acceptors (Lipinski definition) is 3. The lowest BCUT2D eigenvalue weighted by atomic mass is 10.1. The first-order valence-corrected chi connectivity index (χ1v) is 6.79. The molecule has 0 atom stereocenters. The standard InChI is InChI=1S/C15H10BrN3O/c16-14-12(4-2-7-18-14)15(20)19-13-5-1-3-10-9-17-8-6-11(10)13/h1-9H,(H,19,20). The number of carbonyl (C=O) groups is 1. The number of rotatable bonds is 2. The number of amides is 1. The minimum absolute atomic E-state index is 0.200. The zero-order valence-corrected chi connectivity index (χ0v) is 12.0. The predicted octanol–water partition coefficient (Wildman–Crippen LogP) is 3.64. The number of nitrogens with one attached hydrogen (secondary N) is 1. The molecule has 1 N–H and O–H groups in total. The number of anilines is 1. The van der Waals surface area contributed by atoms with Gasteiger partial charge in [-0.05, 0) is 40.2 Å². The quantitative estimate of drug-likeness (QED) is 0.731. The zero-order valence-electron chi connectivity index (χ0n) is 10.4. The summed E-state index contributed by atoms with van der Waals surface area (Å²) in [6.07, 6.45) is 5.10. The van der Waals surface area contributed by atoms with Gasteiger partial charge in [0.1, 0.15) is 4.60 Å². The normalized spacial score (nSPS) is 10.4. The van der Waals surface area contributed by atoms with Crippen molar-refractivity contribution in [2.45, 2.75) is 0 Å². The van der Waals surface area contributed by atoms with E-state index in [1.807, 2.05) is 24.3 Å². The largest absolute Gasteiger partial charge is 0.321 e. The summed E-state index contributed by atoms with van der Waals surface area (Å²) in [6.45, 7) is 0. The van der Waals surface area contributed by atoms with Crippen LogP contribution < -0.4 is 5.32 Å². The molecular weight excluding hydrogens is 318 g/mol. The number of halogens is 1. The molecule has 2 heterocycles. The van der Waals surface area contributed by atoms with Gasteiger partial charge in [-0.3, -0.25) is 9.78 Å². The van der Waals surface area contributed by atoms with Gasteiger partial charge in [0.15, 0.2) is 0 Å².